The van der Waals surface area contributed by atoms with E-state index in [2.05, 4.69) is 32.2 Å². The highest BCUT2D eigenvalue weighted by atomic mass is 32.1. The minimum absolute atomic E-state index is 0.0171. The number of nitrogens with zero attached hydrogens (tertiary/aromatic N) is 1. The summed E-state index contributed by atoms with van der Waals surface area (Å²) in [6.07, 6.45) is 7.49. The van der Waals surface area contributed by atoms with Crippen LogP contribution in [0.15, 0.2) is 12.2 Å². The molecule has 0 saturated heterocycles. The van der Waals surface area contributed by atoms with E-state index in [1.165, 1.54) is 16.2 Å². The number of nitriles is 1. The van der Waals surface area contributed by atoms with Crippen LogP contribution in [0.4, 0.5) is 5.00 Å². The van der Waals surface area contributed by atoms with Crippen molar-refractivity contribution in [3.63, 3.8) is 0 Å². The first kappa shape index (κ1) is 19.2. The molecule has 1 amide bonds. The quantitative estimate of drug-likeness (QED) is 0.746. The van der Waals surface area contributed by atoms with Gasteiger partial charge < -0.3 is 10.4 Å². The first-order valence-corrected chi connectivity index (χ1v) is 10.8. The second-order valence-corrected chi connectivity index (χ2v) is 10.6. The smallest absolute Gasteiger partial charge is 0.307 e. The topological polar surface area (TPSA) is 90.2 Å². The lowest BCUT2D eigenvalue weighted by Gasteiger charge is -2.33. The molecule has 148 valence electrons. The SMILES string of the molecule is CC(C)(C)[C@@H]1CCc2c(sc(NC(=O)[C@@H]3[C@H](C(=O)O)[C@H]4C=C[C@H]3C4)c2C#N)C1. The molecule has 0 radical (unpaired) electrons. The Morgan fingerprint density at radius 1 is 1.25 bits per heavy atom. The molecule has 2 N–H and O–H groups in total. The normalized spacial score (nSPS) is 30.7. The van der Waals surface area contributed by atoms with Crippen LogP contribution in [0, 0.1) is 46.3 Å². The summed E-state index contributed by atoms with van der Waals surface area (Å²) in [5.41, 5.74) is 1.86. The lowest BCUT2D eigenvalue weighted by atomic mass is 9.72. The molecule has 0 aromatic carbocycles. The van der Waals surface area contributed by atoms with Crippen molar-refractivity contribution >= 4 is 28.2 Å². The highest BCUT2D eigenvalue weighted by Gasteiger charge is 2.51. The maximum Gasteiger partial charge on any atom is 0.307 e. The summed E-state index contributed by atoms with van der Waals surface area (Å²) >= 11 is 1.50. The van der Waals surface area contributed by atoms with Gasteiger partial charge in [-0.3, -0.25) is 9.59 Å². The Kier molecular flexibility index (Phi) is 4.62. The number of thiophene rings is 1. The standard InChI is InChI=1S/C22H26N2O3S/c1-22(2,3)13-6-7-14-15(10-23)20(28-16(14)9-13)24-19(25)17-11-4-5-12(8-11)18(17)21(26)27/h4-5,11-13,17-18H,6-9H2,1-3H3,(H,24,25)(H,26,27)/t11-,12-,13+,17-,18+/m0/s1. The van der Waals surface area contributed by atoms with Gasteiger partial charge in [-0.15, -0.1) is 11.3 Å². The number of carboxylic acids is 1. The van der Waals surface area contributed by atoms with E-state index >= 15 is 0 Å². The molecule has 5 atom stereocenters. The Morgan fingerprint density at radius 3 is 2.54 bits per heavy atom. The minimum atomic E-state index is -0.906. The van der Waals surface area contributed by atoms with E-state index in [1.807, 2.05) is 12.2 Å². The predicted molar refractivity (Wildman–Crippen MR) is 108 cm³/mol. The van der Waals surface area contributed by atoms with Gasteiger partial charge >= 0.3 is 5.97 Å². The molecule has 1 saturated carbocycles. The van der Waals surface area contributed by atoms with Crippen molar-refractivity contribution in [2.75, 3.05) is 5.32 Å². The zero-order chi connectivity index (χ0) is 20.2. The number of carbonyl (C=O) groups excluding carboxylic acids is 1. The number of hydrogen-bond donors (Lipinski definition) is 2. The lowest BCUT2D eigenvalue weighted by Crippen LogP contribution is -2.36. The minimum Gasteiger partial charge on any atom is -0.481 e. The third kappa shape index (κ3) is 3.06. The zero-order valence-corrected chi connectivity index (χ0v) is 17.3. The van der Waals surface area contributed by atoms with Gasteiger partial charge in [0.15, 0.2) is 0 Å². The summed E-state index contributed by atoms with van der Waals surface area (Å²) < 4.78 is 0. The Labute approximate surface area is 169 Å². The van der Waals surface area contributed by atoms with E-state index in [9.17, 15) is 20.0 Å². The van der Waals surface area contributed by atoms with Crippen LogP contribution in [0.1, 0.15) is 49.6 Å². The molecule has 3 aliphatic carbocycles. The van der Waals surface area contributed by atoms with Gasteiger partial charge in [0.25, 0.3) is 0 Å². The first-order valence-electron chi connectivity index (χ1n) is 9.97. The Bertz CT molecular complexity index is 902. The monoisotopic (exact) mass is 398 g/mol. The third-order valence-electron chi connectivity index (χ3n) is 6.89. The maximum absolute atomic E-state index is 13.0. The van der Waals surface area contributed by atoms with Crippen molar-refractivity contribution < 1.29 is 14.7 Å². The van der Waals surface area contributed by atoms with E-state index in [4.69, 9.17) is 0 Å². The number of rotatable bonds is 3. The summed E-state index contributed by atoms with van der Waals surface area (Å²) in [6.45, 7) is 6.75. The van der Waals surface area contributed by atoms with Crippen LogP contribution >= 0.6 is 11.3 Å². The number of carbonyl (C=O) groups is 2. The second kappa shape index (κ2) is 6.73. The van der Waals surface area contributed by atoms with Crippen LogP contribution in [-0.2, 0) is 22.4 Å². The number of nitrogens with one attached hydrogen (secondary N) is 1. The average Bonchev–Trinajstić information content (AvgIpc) is 3.31. The van der Waals surface area contributed by atoms with Crippen LogP contribution in [0.3, 0.4) is 0 Å². The Hall–Kier alpha value is -2.13. The molecule has 0 aliphatic heterocycles. The van der Waals surface area contributed by atoms with Gasteiger partial charge in [0.2, 0.25) is 5.91 Å². The number of aliphatic carboxylic acids is 1. The summed E-state index contributed by atoms with van der Waals surface area (Å²) in [7, 11) is 0. The average molecular weight is 399 g/mol. The molecule has 3 aliphatic rings. The summed E-state index contributed by atoms with van der Waals surface area (Å²) in [5.74, 6) is -1.90. The number of hydrogen-bond acceptors (Lipinski definition) is 4. The Balaban J connectivity index is 1.59. The molecule has 1 aromatic rings. The van der Waals surface area contributed by atoms with Crippen LogP contribution in [0.25, 0.3) is 0 Å². The van der Waals surface area contributed by atoms with E-state index < -0.39 is 17.8 Å². The predicted octanol–water partition coefficient (Wildman–Crippen LogP) is 4.23. The Morgan fingerprint density at radius 2 is 1.93 bits per heavy atom. The number of allylic oxidation sites excluding steroid dienone is 2. The number of fused-ring (bicyclic) bond motifs is 3. The molecule has 1 fully saturated rings. The number of anilines is 1. The van der Waals surface area contributed by atoms with Crippen molar-refractivity contribution in [1.29, 1.82) is 5.26 Å². The van der Waals surface area contributed by atoms with Crippen molar-refractivity contribution in [1.82, 2.24) is 0 Å². The van der Waals surface area contributed by atoms with Crippen LogP contribution in [0.2, 0.25) is 0 Å². The van der Waals surface area contributed by atoms with Crippen LogP contribution < -0.4 is 5.32 Å². The van der Waals surface area contributed by atoms with E-state index in [-0.39, 0.29) is 23.2 Å². The second-order valence-electron chi connectivity index (χ2n) is 9.45. The van der Waals surface area contributed by atoms with E-state index in [0.29, 0.717) is 16.5 Å². The van der Waals surface area contributed by atoms with Crippen LogP contribution in [-0.4, -0.2) is 17.0 Å². The molecule has 1 aromatic heterocycles. The van der Waals surface area contributed by atoms with E-state index in [1.54, 1.807) is 0 Å². The summed E-state index contributed by atoms with van der Waals surface area (Å²) in [5, 5.41) is 22.9. The molecule has 1 heterocycles. The maximum atomic E-state index is 13.0. The molecule has 4 rings (SSSR count). The van der Waals surface area contributed by atoms with Gasteiger partial charge in [-0.1, -0.05) is 32.9 Å². The highest BCUT2D eigenvalue weighted by molar-refractivity contribution is 7.16. The van der Waals surface area contributed by atoms with Gasteiger partial charge in [0, 0.05) is 4.88 Å². The zero-order valence-electron chi connectivity index (χ0n) is 16.5. The molecule has 6 heteroatoms. The van der Waals surface area contributed by atoms with Crippen molar-refractivity contribution in [2.24, 2.45) is 35.0 Å². The highest BCUT2D eigenvalue weighted by Crippen LogP contribution is 2.49. The van der Waals surface area contributed by atoms with Crippen LogP contribution in [0.5, 0.6) is 0 Å². The molecule has 2 bridgehead atoms. The third-order valence-corrected chi connectivity index (χ3v) is 8.06. The largest absolute Gasteiger partial charge is 0.481 e. The molecule has 0 unspecified atom stereocenters. The lowest BCUT2D eigenvalue weighted by molar-refractivity contribution is -0.146. The fourth-order valence-electron chi connectivity index (χ4n) is 5.24. The number of carboxylic acid groups (broad SMARTS) is 1. The molecule has 5 nitrogen and oxygen atoms in total. The van der Waals surface area contributed by atoms with Gasteiger partial charge in [-0.25, -0.2) is 0 Å². The van der Waals surface area contributed by atoms with Crippen molar-refractivity contribution in [3.05, 3.63) is 28.2 Å². The van der Waals surface area contributed by atoms with Gasteiger partial charge in [0.1, 0.15) is 11.1 Å². The van der Waals surface area contributed by atoms with Gasteiger partial charge in [-0.05, 0) is 54.4 Å². The van der Waals surface area contributed by atoms with Crippen molar-refractivity contribution in [3.8, 4) is 6.07 Å². The summed E-state index contributed by atoms with van der Waals surface area (Å²) in [4.78, 5) is 25.9. The number of amides is 1. The molecule has 0 spiro atoms. The van der Waals surface area contributed by atoms with Crippen molar-refractivity contribution in [2.45, 2.75) is 46.5 Å². The summed E-state index contributed by atoms with van der Waals surface area (Å²) in [6, 6.07) is 2.29. The molecular weight excluding hydrogens is 372 g/mol. The molecular formula is C22H26N2O3S. The first-order chi connectivity index (χ1) is 13.2. The molecule has 28 heavy (non-hydrogen) atoms. The van der Waals surface area contributed by atoms with Gasteiger partial charge in [0.05, 0.1) is 17.4 Å². The fourth-order valence-corrected chi connectivity index (χ4v) is 6.52. The van der Waals surface area contributed by atoms with E-state index in [0.717, 1.165) is 31.2 Å². The fraction of sp³-hybridized carbons (Fsp3) is 0.591. The van der Waals surface area contributed by atoms with Gasteiger partial charge in [-0.2, -0.15) is 5.26 Å².